The Hall–Kier alpha value is -2.44. The number of hydrazine groups is 1. The average Bonchev–Trinajstić information content (AvgIpc) is 3.08. The molecule has 1 aliphatic rings. The number of anilines is 1. The summed E-state index contributed by atoms with van der Waals surface area (Å²) in [4.78, 5) is 16.7. The third-order valence-corrected chi connectivity index (χ3v) is 3.70. The Morgan fingerprint density at radius 3 is 2.78 bits per heavy atom. The summed E-state index contributed by atoms with van der Waals surface area (Å²) in [5.74, 6) is 0.724. The maximum absolute atomic E-state index is 12.3. The van der Waals surface area contributed by atoms with Gasteiger partial charge in [0, 0.05) is 11.9 Å². The first-order valence-electron chi connectivity index (χ1n) is 7.72. The molecule has 0 bridgehead atoms. The molecule has 3 N–H and O–H groups in total. The van der Waals surface area contributed by atoms with E-state index in [0.717, 1.165) is 17.1 Å². The quantitative estimate of drug-likeness (QED) is 0.787. The predicted octanol–water partition coefficient (Wildman–Crippen LogP) is 2.03. The van der Waals surface area contributed by atoms with Crippen LogP contribution in [0.1, 0.15) is 25.1 Å². The van der Waals surface area contributed by atoms with E-state index in [9.17, 15) is 4.79 Å². The number of nitrogens with one attached hydrogen (secondary N) is 3. The smallest absolute Gasteiger partial charge is 0.242 e. The second kappa shape index (κ2) is 7.21. The Bertz CT molecular complexity index is 645. The molecule has 2 heterocycles. The van der Waals surface area contributed by atoms with Gasteiger partial charge >= 0.3 is 0 Å². The number of aromatic nitrogens is 1. The summed E-state index contributed by atoms with van der Waals surface area (Å²) < 4.78 is 5.39. The van der Waals surface area contributed by atoms with Gasteiger partial charge in [0.2, 0.25) is 5.91 Å². The molecule has 2 aromatic rings. The summed E-state index contributed by atoms with van der Waals surface area (Å²) in [7, 11) is 0. The number of carbonyl (C=O) groups is 1. The van der Waals surface area contributed by atoms with Crippen molar-refractivity contribution in [1.29, 1.82) is 0 Å². The van der Waals surface area contributed by atoms with Gasteiger partial charge in [-0.2, -0.15) is 0 Å². The molecule has 6 nitrogen and oxygen atoms in total. The molecule has 2 atom stereocenters. The molecule has 2 unspecified atom stereocenters. The SMILES string of the molecule is CCOc1ccc(NC(=O)C2CC(c3ccccn3)NN2)cc1. The van der Waals surface area contributed by atoms with Crippen molar-refractivity contribution in [3.05, 3.63) is 54.4 Å². The number of ether oxygens (including phenoxy) is 1. The zero-order chi connectivity index (χ0) is 16.1. The van der Waals surface area contributed by atoms with E-state index in [1.54, 1.807) is 6.20 Å². The van der Waals surface area contributed by atoms with Gasteiger partial charge < -0.3 is 10.1 Å². The third-order valence-electron chi connectivity index (χ3n) is 3.70. The lowest BCUT2D eigenvalue weighted by Crippen LogP contribution is -2.39. The van der Waals surface area contributed by atoms with Gasteiger partial charge in [0.25, 0.3) is 0 Å². The molecule has 1 amide bonds. The van der Waals surface area contributed by atoms with E-state index in [4.69, 9.17) is 4.74 Å². The molecule has 0 spiro atoms. The van der Waals surface area contributed by atoms with Crippen LogP contribution in [0.4, 0.5) is 5.69 Å². The summed E-state index contributed by atoms with van der Waals surface area (Å²) in [6.45, 7) is 2.56. The highest BCUT2D eigenvalue weighted by atomic mass is 16.5. The molecule has 0 aliphatic carbocycles. The van der Waals surface area contributed by atoms with Crippen molar-refractivity contribution in [2.24, 2.45) is 0 Å². The van der Waals surface area contributed by atoms with Crippen LogP contribution in [0.5, 0.6) is 5.75 Å². The predicted molar refractivity (Wildman–Crippen MR) is 87.9 cm³/mol. The molecule has 6 heteroatoms. The summed E-state index contributed by atoms with van der Waals surface area (Å²) in [5.41, 5.74) is 7.83. The molecular weight excluding hydrogens is 292 g/mol. The van der Waals surface area contributed by atoms with Crippen molar-refractivity contribution in [3.63, 3.8) is 0 Å². The number of benzene rings is 1. The van der Waals surface area contributed by atoms with Crippen LogP contribution in [-0.4, -0.2) is 23.5 Å². The molecule has 0 radical (unpaired) electrons. The van der Waals surface area contributed by atoms with E-state index >= 15 is 0 Å². The van der Waals surface area contributed by atoms with Crippen LogP contribution in [0, 0.1) is 0 Å². The lowest BCUT2D eigenvalue weighted by Gasteiger charge is -2.11. The van der Waals surface area contributed by atoms with Gasteiger partial charge in [-0.1, -0.05) is 6.07 Å². The molecule has 23 heavy (non-hydrogen) atoms. The van der Waals surface area contributed by atoms with Gasteiger partial charge in [-0.15, -0.1) is 0 Å². The Morgan fingerprint density at radius 1 is 1.26 bits per heavy atom. The molecule has 0 saturated carbocycles. The largest absolute Gasteiger partial charge is 0.494 e. The average molecular weight is 312 g/mol. The zero-order valence-corrected chi connectivity index (χ0v) is 13.0. The molecule has 1 fully saturated rings. The highest BCUT2D eigenvalue weighted by molar-refractivity contribution is 5.95. The standard InChI is InChI=1S/C17H20N4O2/c1-2-23-13-8-6-12(7-9-13)19-17(22)16-11-15(20-21-16)14-5-3-4-10-18-14/h3-10,15-16,20-21H,2,11H2,1H3,(H,19,22). The minimum absolute atomic E-state index is 0.0345. The van der Waals surface area contributed by atoms with Crippen molar-refractivity contribution >= 4 is 11.6 Å². The number of hydrogen-bond donors (Lipinski definition) is 3. The highest BCUT2D eigenvalue weighted by Crippen LogP contribution is 2.21. The first-order chi connectivity index (χ1) is 11.3. The first kappa shape index (κ1) is 15.5. The first-order valence-corrected chi connectivity index (χ1v) is 7.72. The van der Waals surface area contributed by atoms with Crippen molar-refractivity contribution < 1.29 is 9.53 Å². The van der Waals surface area contributed by atoms with Crippen LogP contribution in [0.25, 0.3) is 0 Å². The van der Waals surface area contributed by atoms with Gasteiger partial charge in [0.05, 0.1) is 18.3 Å². The fraction of sp³-hybridized carbons (Fsp3) is 0.294. The monoisotopic (exact) mass is 312 g/mol. The Morgan fingerprint density at radius 2 is 2.09 bits per heavy atom. The molecule has 1 saturated heterocycles. The summed E-state index contributed by atoms with van der Waals surface area (Å²) >= 11 is 0. The maximum atomic E-state index is 12.3. The van der Waals surface area contributed by atoms with E-state index in [0.29, 0.717) is 13.0 Å². The summed E-state index contributed by atoms with van der Waals surface area (Å²) in [6, 6.07) is 12.9. The van der Waals surface area contributed by atoms with Crippen LogP contribution in [0.2, 0.25) is 0 Å². The molecular formula is C17H20N4O2. The van der Waals surface area contributed by atoms with Crippen LogP contribution < -0.4 is 20.9 Å². The molecule has 1 aliphatic heterocycles. The van der Waals surface area contributed by atoms with Crippen LogP contribution in [0.15, 0.2) is 48.7 Å². The van der Waals surface area contributed by atoms with E-state index in [-0.39, 0.29) is 18.0 Å². The Kier molecular flexibility index (Phi) is 4.85. The Labute approximate surface area is 135 Å². The Balaban J connectivity index is 1.57. The molecule has 1 aromatic heterocycles. The van der Waals surface area contributed by atoms with Crippen molar-refractivity contribution in [2.45, 2.75) is 25.4 Å². The van der Waals surface area contributed by atoms with Crippen molar-refractivity contribution in [3.8, 4) is 5.75 Å². The number of pyridine rings is 1. The number of amides is 1. The second-order valence-corrected chi connectivity index (χ2v) is 5.33. The fourth-order valence-corrected chi connectivity index (χ4v) is 2.53. The minimum atomic E-state index is -0.298. The van der Waals surface area contributed by atoms with Crippen LogP contribution in [0.3, 0.4) is 0 Å². The molecule has 3 rings (SSSR count). The zero-order valence-electron chi connectivity index (χ0n) is 13.0. The van der Waals surface area contributed by atoms with E-state index in [1.807, 2.05) is 49.4 Å². The van der Waals surface area contributed by atoms with E-state index in [1.165, 1.54) is 0 Å². The molecule has 1 aromatic carbocycles. The van der Waals surface area contributed by atoms with Gasteiger partial charge in [-0.25, -0.2) is 10.9 Å². The highest BCUT2D eigenvalue weighted by Gasteiger charge is 2.30. The summed E-state index contributed by atoms with van der Waals surface area (Å²) in [6.07, 6.45) is 2.41. The summed E-state index contributed by atoms with van der Waals surface area (Å²) in [5, 5.41) is 2.91. The number of carbonyl (C=O) groups excluding carboxylic acids is 1. The normalized spacial score (nSPS) is 20.2. The molecule has 120 valence electrons. The topological polar surface area (TPSA) is 75.3 Å². The number of rotatable bonds is 5. The second-order valence-electron chi connectivity index (χ2n) is 5.33. The number of nitrogens with zero attached hydrogens (tertiary/aromatic N) is 1. The lowest BCUT2D eigenvalue weighted by molar-refractivity contribution is -0.117. The maximum Gasteiger partial charge on any atom is 0.242 e. The van der Waals surface area contributed by atoms with Crippen LogP contribution >= 0.6 is 0 Å². The van der Waals surface area contributed by atoms with Gasteiger partial charge in [-0.05, 0) is 49.7 Å². The lowest BCUT2D eigenvalue weighted by atomic mass is 10.1. The van der Waals surface area contributed by atoms with Gasteiger partial charge in [0.1, 0.15) is 11.8 Å². The minimum Gasteiger partial charge on any atom is -0.494 e. The van der Waals surface area contributed by atoms with Gasteiger partial charge in [0.15, 0.2) is 0 Å². The van der Waals surface area contributed by atoms with Crippen molar-refractivity contribution in [1.82, 2.24) is 15.8 Å². The number of hydrogen-bond acceptors (Lipinski definition) is 5. The van der Waals surface area contributed by atoms with E-state index in [2.05, 4.69) is 21.2 Å². The van der Waals surface area contributed by atoms with Crippen LogP contribution in [-0.2, 0) is 4.79 Å². The fourth-order valence-electron chi connectivity index (χ4n) is 2.53. The van der Waals surface area contributed by atoms with Gasteiger partial charge in [-0.3, -0.25) is 9.78 Å². The third kappa shape index (κ3) is 3.85. The van der Waals surface area contributed by atoms with Crippen molar-refractivity contribution in [2.75, 3.05) is 11.9 Å². The van der Waals surface area contributed by atoms with E-state index < -0.39 is 0 Å².